The van der Waals surface area contributed by atoms with Crippen LogP contribution < -0.4 is 4.90 Å². The second-order valence-electron chi connectivity index (χ2n) is 7.63. The van der Waals surface area contributed by atoms with Gasteiger partial charge in [-0.05, 0) is 37.5 Å². The molecule has 0 unspecified atom stereocenters. The summed E-state index contributed by atoms with van der Waals surface area (Å²) in [5.41, 5.74) is 1.23. The normalized spacial score (nSPS) is 23.1. The van der Waals surface area contributed by atoms with Crippen molar-refractivity contribution < 1.29 is 9.90 Å². The summed E-state index contributed by atoms with van der Waals surface area (Å²) in [6.45, 7) is 6.12. The maximum absolute atomic E-state index is 12.7. The Morgan fingerprint density at radius 2 is 1.78 bits per heavy atom. The Kier molecular flexibility index (Phi) is 6.30. The van der Waals surface area contributed by atoms with E-state index in [1.807, 2.05) is 55.1 Å². The molecule has 0 saturated carbocycles. The predicted octanol–water partition coefficient (Wildman–Crippen LogP) is 3.50. The molecule has 3 rings (SSSR count). The zero-order chi connectivity index (χ0) is 19.3. The van der Waals surface area contributed by atoms with Crippen LogP contribution in [0.4, 0.5) is 5.69 Å². The smallest absolute Gasteiger partial charge is 0.227 e. The maximum Gasteiger partial charge on any atom is 0.227 e. The number of piperidine rings is 1. The summed E-state index contributed by atoms with van der Waals surface area (Å²) in [4.78, 5) is 16.8. The van der Waals surface area contributed by atoms with Crippen LogP contribution in [0.15, 0.2) is 60.7 Å². The third kappa shape index (κ3) is 4.76. The number of carbonyl (C=O) groups excluding carboxylic acids is 1. The highest BCUT2D eigenvalue weighted by molar-refractivity contribution is 5.94. The average molecular weight is 367 g/mol. The fourth-order valence-electron chi connectivity index (χ4n) is 4.04. The van der Waals surface area contributed by atoms with Crippen molar-refractivity contribution in [2.24, 2.45) is 0 Å². The number of rotatable bonds is 6. The Morgan fingerprint density at radius 1 is 1.15 bits per heavy atom. The Labute approximate surface area is 162 Å². The number of amides is 1. The standard InChI is InChI=1S/C23H30N2O2/c1-3-22(26)25(20-12-8-5-9-13-20)21-15-17-24(18-23(21,2)27)16-14-19-10-6-4-7-11-19/h4-13,21,27H,3,14-18H2,1-2H3/t21-,23+/m1/s1. The van der Waals surface area contributed by atoms with Crippen molar-refractivity contribution in [1.29, 1.82) is 0 Å². The minimum atomic E-state index is -0.949. The molecule has 2 aromatic rings. The zero-order valence-electron chi connectivity index (χ0n) is 16.3. The van der Waals surface area contributed by atoms with E-state index in [9.17, 15) is 9.90 Å². The van der Waals surface area contributed by atoms with E-state index in [0.29, 0.717) is 13.0 Å². The molecule has 1 aliphatic rings. The molecule has 27 heavy (non-hydrogen) atoms. The van der Waals surface area contributed by atoms with Crippen molar-refractivity contribution in [1.82, 2.24) is 4.90 Å². The van der Waals surface area contributed by atoms with Gasteiger partial charge in [0.1, 0.15) is 0 Å². The number of benzene rings is 2. The fourth-order valence-corrected chi connectivity index (χ4v) is 4.04. The van der Waals surface area contributed by atoms with E-state index in [0.717, 1.165) is 31.6 Å². The van der Waals surface area contributed by atoms with Crippen LogP contribution in [0, 0.1) is 0 Å². The van der Waals surface area contributed by atoms with Crippen LogP contribution in [0.3, 0.4) is 0 Å². The Morgan fingerprint density at radius 3 is 2.37 bits per heavy atom. The monoisotopic (exact) mass is 366 g/mol. The first kappa shape index (κ1) is 19.6. The summed E-state index contributed by atoms with van der Waals surface area (Å²) in [6.07, 6.45) is 2.17. The third-order valence-electron chi connectivity index (χ3n) is 5.46. The van der Waals surface area contributed by atoms with Gasteiger partial charge >= 0.3 is 0 Å². The summed E-state index contributed by atoms with van der Waals surface area (Å²) in [6, 6.07) is 20.0. The van der Waals surface area contributed by atoms with Crippen molar-refractivity contribution in [3.63, 3.8) is 0 Å². The van der Waals surface area contributed by atoms with Gasteiger partial charge in [0.15, 0.2) is 0 Å². The molecule has 1 amide bonds. The lowest BCUT2D eigenvalue weighted by molar-refractivity contribution is -0.121. The van der Waals surface area contributed by atoms with Crippen LogP contribution in [-0.2, 0) is 11.2 Å². The molecule has 1 fully saturated rings. The van der Waals surface area contributed by atoms with E-state index in [1.165, 1.54) is 5.56 Å². The third-order valence-corrected chi connectivity index (χ3v) is 5.46. The molecule has 144 valence electrons. The lowest BCUT2D eigenvalue weighted by atomic mass is 9.87. The Bertz CT molecular complexity index is 731. The van der Waals surface area contributed by atoms with Gasteiger partial charge in [-0.2, -0.15) is 0 Å². The molecule has 1 heterocycles. The molecule has 0 radical (unpaired) electrons. The molecule has 1 saturated heterocycles. The van der Waals surface area contributed by atoms with Gasteiger partial charge in [-0.15, -0.1) is 0 Å². The molecule has 2 aromatic carbocycles. The van der Waals surface area contributed by atoms with Crippen LogP contribution in [0.25, 0.3) is 0 Å². The van der Waals surface area contributed by atoms with Crippen LogP contribution in [-0.4, -0.2) is 47.2 Å². The van der Waals surface area contributed by atoms with E-state index < -0.39 is 5.60 Å². The van der Waals surface area contributed by atoms with Crippen LogP contribution in [0.5, 0.6) is 0 Å². The second-order valence-corrected chi connectivity index (χ2v) is 7.63. The van der Waals surface area contributed by atoms with E-state index in [-0.39, 0.29) is 11.9 Å². The number of aliphatic hydroxyl groups is 1. The van der Waals surface area contributed by atoms with Crippen molar-refractivity contribution in [3.05, 3.63) is 66.2 Å². The van der Waals surface area contributed by atoms with Gasteiger partial charge in [-0.25, -0.2) is 0 Å². The molecule has 1 aliphatic heterocycles. The SMILES string of the molecule is CCC(=O)N(c1ccccc1)[C@@H]1CCN(CCc2ccccc2)C[C@]1(C)O. The molecule has 0 aromatic heterocycles. The van der Waals surface area contributed by atoms with Crippen molar-refractivity contribution in [2.75, 3.05) is 24.5 Å². The summed E-state index contributed by atoms with van der Waals surface area (Å²) >= 11 is 0. The van der Waals surface area contributed by atoms with Crippen molar-refractivity contribution in [3.8, 4) is 0 Å². The van der Waals surface area contributed by atoms with E-state index in [4.69, 9.17) is 0 Å². The van der Waals surface area contributed by atoms with E-state index in [1.54, 1.807) is 0 Å². The number of hydrogen-bond acceptors (Lipinski definition) is 3. The number of carbonyl (C=O) groups is 1. The van der Waals surface area contributed by atoms with Gasteiger partial charge in [0, 0.05) is 31.7 Å². The minimum absolute atomic E-state index is 0.0595. The highest BCUT2D eigenvalue weighted by Gasteiger charge is 2.43. The largest absolute Gasteiger partial charge is 0.387 e. The number of nitrogens with zero attached hydrogens (tertiary/aromatic N) is 2. The molecular formula is C23H30N2O2. The highest BCUT2D eigenvalue weighted by atomic mass is 16.3. The van der Waals surface area contributed by atoms with E-state index >= 15 is 0 Å². The molecule has 0 aliphatic carbocycles. The molecule has 4 heteroatoms. The molecule has 0 spiro atoms. The maximum atomic E-state index is 12.7. The lowest BCUT2D eigenvalue weighted by Gasteiger charge is -2.47. The van der Waals surface area contributed by atoms with Crippen LogP contribution >= 0.6 is 0 Å². The van der Waals surface area contributed by atoms with Crippen LogP contribution in [0.2, 0.25) is 0 Å². The van der Waals surface area contributed by atoms with Gasteiger partial charge in [0.25, 0.3) is 0 Å². The number of hydrogen-bond donors (Lipinski definition) is 1. The summed E-state index contributed by atoms with van der Waals surface area (Å²) in [5, 5.41) is 11.2. The summed E-state index contributed by atoms with van der Waals surface area (Å²) in [5.74, 6) is 0.0595. The summed E-state index contributed by atoms with van der Waals surface area (Å²) in [7, 11) is 0. The van der Waals surface area contributed by atoms with Gasteiger partial charge < -0.3 is 10.0 Å². The Hall–Kier alpha value is -2.17. The second kappa shape index (κ2) is 8.68. The van der Waals surface area contributed by atoms with Gasteiger partial charge in [0.2, 0.25) is 5.91 Å². The topological polar surface area (TPSA) is 43.8 Å². The van der Waals surface area contributed by atoms with E-state index in [2.05, 4.69) is 29.2 Å². The van der Waals surface area contributed by atoms with Crippen LogP contribution in [0.1, 0.15) is 32.3 Å². The quantitative estimate of drug-likeness (QED) is 0.851. The van der Waals surface area contributed by atoms with Gasteiger partial charge in [0.05, 0.1) is 11.6 Å². The first-order valence-electron chi connectivity index (χ1n) is 9.87. The predicted molar refractivity (Wildman–Crippen MR) is 110 cm³/mol. The van der Waals surface area contributed by atoms with Crippen molar-refractivity contribution >= 4 is 11.6 Å². The molecule has 0 bridgehead atoms. The molecule has 4 nitrogen and oxygen atoms in total. The molecule has 2 atom stereocenters. The average Bonchev–Trinajstić information content (AvgIpc) is 2.69. The molecular weight excluding hydrogens is 336 g/mol. The van der Waals surface area contributed by atoms with Gasteiger partial charge in [-0.3, -0.25) is 9.69 Å². The van der Waals surface area contributed by atoms with Gasteiger partial charge in [-0.1, -0.05) is 55.5 Å². The van der Waals surface area contributed by atoms with Crippen molar-refractivity contribution in [2.45, 2.75) is 44.8 Å². The number of para-hydroxylation sites is 1. The minimum Gasteiger partial charge on any atom is -0.387 e. The Balaban J connectivity index is 1.71. The lowest BCUT2D eigenvalue weighted by Crippen LogP contribution is -2.62. The first-order chi connectivity index (χ1) is 13.0. The first-order valence-corrected chi connectivity index (χ1v) is 9.87. The highest BCUT2D eigenvalue weighted by Crippen LogP contribution is 2.30. The fraction of sp³-hybridized carbons (Fsp3) is 0.435. The number of β-amino-alcohol motifs (C(OH)–C–C–N with tert-alkyl or cyclic N) is 1. The summed E-state index contributed by atoms with van der Waals surface area (Å²) < 4.78 is 0. The number of likely N-dealkylation sites (tertiary alicyclic amines) is 1. The molecule has 1 N–H and O–H groups in total. The zero-order valence-corrected chi connectivity index (χ0v) is 16.3. The number of anilines is 1.